The van der Waals surface area contributed by atoms with Gasteiger partial charge in [0, 0.05) is 12.6 Å². The van der Waals surface area contributed by atoms with Gasteiger partial charge in [0.05, 0.1) is 17.5 Å². The summed E-state index contributed by atoms with van der Waals surface area (Å²) >= 11 is 0. The van der Waals surface area contributed by atoms with Crippen LogP contribution in [0.3, 0.4) is 0 Å². The fourth-order valence-electron chi connectivity index (χ4n) is 4.27. The van der Waals surface area contributed by atoms with E-state index in [-0.39, 0.29) is 41.4 Å². The Morgan fingerprint density at radius 2 is 1.74 bits per heavy atom. The minimum absolute atomic E-state index is 0.0801. The Kier molecular flexibility index (Phi) is 2.95. The van der Waals surface area contributed by atoms with E-state index >= 15 is 0 Å². The normalized spacial score (nSPS) is 31.0. The molecule has 4 atom stereocenters. The number of aryl methyl sites for hydroxylation is 1. The summed E-state index contributed by atoms with van der Waals surface area (Å²) in [5.41, 5.74) is 2.12. The van der Waals surface area contributed by atoms with Gasteiger partial charge in [-0.05, 0) is 48.9 Å². The number of hydrogen-bond donors (Lipinski definition) is 1. The van der Waals surface area contributed by atoms with Crippen LogP contribution in [0.2, 0.25) is 0 Å². The SMILES string of the molecule is CC(=O)Nc1ccc(N2C(=O)[C@@H]3[C@H](C2=O)[C@H]2C=C[C@H]3C2)cc1C. The molecule has 1 saturated heterocycles. The predicted molar refractivity (Wildman–Crippen MR) is 85.7 cm³/mol. The lowest BCUT2D eigenvalue weighted by molar-refractivity contribution is -0.123. The summed E-state index contributed by atoms with van der Waals surface area (Å²) in [4.78, 5) is 38.1. The van der Waals surface area contributed by atoms with Crippen LogP contribution in [0.5, 0.6) is 0 Å². The highest BCUT2D eigenvalue weighted by molar-refractivity contribution is 6.22. The largest absolute Gasteiger partial charge is 0.326 e. The Labute approximate surface area is 134 Å². The number of benzene rings is 1. The summed E-state index contributed by atoms with van der Waals surface area (Å²) in [6, 6.07) is 5.26. The average molecular weight is 310 g/mol. The van der Waals surface area contributed by atoms with Gasteiger partial charge in [0.25, 0.3) is 0 Å². The zero-order valence-electron chi connectivity index (χ0n) is 13.1. The highest BCUT2D eigenvalue weighted by Gasteiger charge is 2.59. The molecule has 3 aliphatic rings. The van der Waals surface area contributed by atoms with E-state index in [0.29, 0.717) is 11.4 Å². The Morgan fingerprint density at radius 3 is 2.26 bits per heavy atom. The van der Waals surface area contributed by atoms with E-state index in [0.717, 1.165) is 12.0 Å². The van der Waals surface area contributed by atoms with Crippen molar-refractivity contribution in [3.05, 3.63) is 35.9 Å². The summed E-state index contributed by atoms with van der Waals surface area (Å²) < 4.78 is 0. The van der Waals surface area contributed by atoms with E-state index < -0.39 is 0 Å². The van der Waals surface area contributed by atoms with Crippen LogP contribution >= 0.6 is 0 Å². The van der Waals surface area contributed by atoms with Crippen LogP contribution in [0.25, 0.3) is 0 Å². The first-order chi connectivity index (χ1) is 11.0. The van der Waals surface area contributed by atoms with Gasteiger partial charge in [-0.3, -0.25) is 19.3 Å². The quantitative estimate of drug-likeness (QED) is 0.673. The highest BCUT2D eigenvalue weighted by Crippen LogP contribution is 2.53. The highest BCUT2D eigenvalue weighted by atomic mass is 16.2. The van der Waals surface area contributed by atoms with Gasteiger partial charge >= 0.3 is 0 Å². The lowest BCUT2D eigenvalue weighted by atomic mass is 9.85. The fraction of sp³-hybridized carbons (Fsp3) is 0.389. The molecule has 0 aromatic heterocycles. The molecule has 3 amide bonds. The summed E-state index contributed by atoms with van der Waals surface area (Å²) in [6.07, 6.45) is 5.11. The topological polar surface area (TPSA) is 66.5 Å². The van der Waals surface area contributed by atoms with Crippen LogP contribution in [-0.4, -0.2) is 17.7 Å². The number of allylic oxidation sites excluding steroid dienone is 2. The second kappa shape index (κ2) is 4.78. The molecule has 2 fully saturated rings. The molecule has 23 heavy (non-hydrogen) atoms. The Hall–Kier alpha value is -2.43. The molecule has 2 bridgehead atoms. The van der Waals surface area contributed by atoms with Gasteiger partial charge < -0.3 is 5.32 Å². The van der Waals surface area contributed by atoms with Gasteiger partial charge in [-0.15, -0.1) is 0 Å². The third kappa shape index (κ3) is 1.96. The average Bonchev–Trinajstić information content (AvgIpc) is 3.15. The molecule has 5 heteroatoms. The lowest BCUT2D eigenvalue weighted by Crippen LogP contribution is -2.32. The lowest BCUT2D eigenvalue weighted by Gasteiger charge is -2.19. The van der Waals surface area contributed by atoms with Crippen molar-refractivity contribution >= 4 is 29.1 Å². The standard InChI is InChI=1S/C18H18N2O3/c1-9-7-13(5-6-14(9)19-10(2)21)20-17(22)15-11-3-4-12(8-11)16(15)18(20)23/h3-7,11-12,15-16H,8H2,1-2H3,(H,19,21)/t11-,12-,15-,16+/m0/s1. The second-order valence-corrected chi connectivity index (χ2v) is 6.69. The van der Waals surface area contributed by atoms with E-state index in [1.54, 1.807) is 18.2 Å². The van der Waals surface area contributed by atoms with E-state index in [9.17, 15) is 14.4 Å². The molecular formula is C18H18N2O3. The number of fused-ring (bicyclic) bond motifs is 5. The molecule has 1 aromatic carbocycles. The Balaban J connectivity index is 1.67. The zero-order chi connectivity index (χ0) is 16.3. The van der Waals surface area contributed by atoms with Crippen molar-refractivity contribution in [3.8, 4) is 0 Å². The van der Waals surface area contributed by atoms with E-state index in [1.165, 1.54) is 11.8 Å². The van der Waals surface area contributed by atoms with Gasteiger partial charge in [0.2, 0.25) is 17.7 Å². The number of anilines is 2. The Bertz CT molecular complexity index is 738. The number of carbonyl (C=O) groups is 3. The number of rotatable bonds is 2. The number of carbonyl (C=O) groups excluding carboxylic acids is 3. The molecule has 1 aliphatic heterocycles. The first-order valence-corrected chi connectivity index (χ1v) is 7.92. The van der Waals surface area contributed by atoms with Gasteiger partial charge in [-0.25, -0.2) is 0 Å². The second-order valence-electron chi connectivity index (χ2n) is 6.69. The predicted octanol–water partition coefficient (Wildman–Crippen LogP) is 2.26. The third-order valence-electron chi connectivity index (χ3n) is 5.25. The maximum atomic E-state index is 12.8. The zero-order valence-corrected chi connectivity index (χ0v) is 13.1. The monoisotopic (exact) mass is 310 g/mol. The molecule has 5 nitrogen and oxygen atoms in total. The number of hydrogen-bond acceptors (Lipinski definition) is 3. The number of nitrogens with zero attached hydrogens (tertiary/aromatic N) is 1. The van der Waals surface area contributed by atoms with Crippen molar-refractivity contribution < 1.29 is 14.4 Å². The Morgan fingerprint density at radius 1 is 1.13 bits per heavy atom. The molecule has 118 valence electrons. The molecule has 1 saturated carbocycles. The molecule has 2 aliphatic carbocycles. The molecule has 1 heterocycles. The van der Waals surface area contributed by atoms with Crippen LogP contribution in [0.4, 0.5) is 11.4 Å². The smallest absolute Gasteiger partial charge is 0.238 e. The van der Waals surface area contributed by atoms with E-state index in [2.05, 4.69) is 17.5 Å². The van der Waals surface area contributed by atoms with Crippen LogP contribution in [0.1, 0.15) is 18.9 Å². The molecule has 0 unspecified atom stereocenters. The van der Waals surface area contributed by atoms with Gasteiger partial charge in [-0.1, -0.05) is 12.2 Å². The van der Waals surface area contributed by atoms with Crippen molar-refractivity contribution in [1.29, 1.82) is 0 Å². The van der Waals surface area contributed by atoms with E-state index in [4.69, 9.17) is 0 Å². The summed E-state index contributed by atoms with van der Waals surface area (Å²) in [7, 11) is 0. The first kappa shape index (κ1) is 14.2. The van der Waals surface area contributed by atoms with Crippen molar-refractivity contribution in [2.45, 2.75) is 20.3 Å². The van der Waals surface area contributed by atoms with Gasteiger partial charge in [0.1, 0.15) is 0 Å². The summed E-state index contributed by atoms with van der Waals surface area (Å²) in [5, 5.41) is 2.74. The molecule has 1 N–H and O–H groups in total. The number of imide groups is 1. The maximum Gasteiger partial charge on any atom is 0.238 e. The van der Waals surface area contributed by atoms with Crippen LogP contribution in [0.15, 0.2) is 30.4 Å². The molecular weight excluding hydrogens is 292 g/mol. The van der Waals surface area contributed by atoms with Crippen molar-refractivity contribution in [2.75, 3.05) is 10.2 Å². The number of amides is 3. The molecule has 0 radical (unpaired) electrons. The van der Waals surface area contributed by atoms with Crippen molar-refractivity contribution in [1.82, 2.24) is 0 Å². The van der Waals surface area contributed by atoms with Crippen LogP contribution in [0, 0.1) is 30.6 Å². The third-order valence-corrected chi connectivity index (χ3v) is 5.25. The molecule has 4 rings (SSSR count). The van der Waals surface area contributed by atoms with Crippen LogP contribution in [-0.2, 0) is 14.4 Å². The minimum atomic E-state index is -0.187. The first-order valence-electron chi connectivity index (χ1n) is 7.92. The van der Waals surface area contributed by atoms with E-state index in [1.807, 2.05) is 6.92 Å². The minimum Gasteiger partial charge on any atom is -0.326 e. The fourth-order valence-corrected chi connectivity index (χ4v) is 4.27. The van der Waals surface area contributed by atoms with Crippen molar-refractivity contribution in [3.63, 3.8) is 0 Å². The van der Waals surface area contributed by atoms with Crippen molar-refractivity contribution in [2.24, 2.45) is 23.7 Å². The summed E-state index contributed by atoms with van der Waals surface area (Å²) in [5.74, 6) is -0.253. The molecule has 1 aromatic rings. The number of nitrogens with one attached hydrogen (secondary N) is 1. The van der Waals surface area contributed by atoms with Gasteiger partial charge in [0.15, 0.2) is 0 Å². The maximum absolute atomic E-state index is 12.8. The van der Waals surface area contributed by atoms with Gasteiger partial charge in [-0.2, -0.15) is 0 Å². The molecule has 0 spiro atoms. The summed E-state index contributed by atoms with van der Waals surface area (Å²) in [6.45, 7) is 3.30. The van der Waals surface area contributed by atoms with Crippen LogP contribution < -0.4 is 10.2 Å².